The van der Waals surface area contributed by atoms with Crippen molar-refractivity contribution < 1.29 is 4.79 Å². The molecule has 70 valence electrons. The van der Waals surface area contributed by atoms with Crippen LogP contribution in [-0.4, -0.2) is 5.78 Å². The quantitative estimate of drug-likeness (QED) is 0.642. The summed E-state index contributed by atoms with van der Waals surface area (Å²) in [6, 6.07) is 8.19. The maximum absolute atomic E-state index is 9.44. The van der Waals surface area contributed by atoms with Crippen LogP contribution in [0.5, 0.6) is 0 Å². The largest absolute Gasteiger partial charge is 0.300 e. The maximum atomic E-state index is 9.44. The van der Waals surface area contributed by atoms with Crippen LogP contribution >= 0.6 is 0 Å². The molecule has 0 atom stereocenters. The number of benzene rings is 1. The Balaban J connectivity index is 0.000000310. The molecule has 0 saturated heterocycles. The predicted molar refractivity (Wildman–Crippen MR) is 57.6 cm³/mol. The summed E-state index contributed by atoms with van der Waals surface area (Å²) in [4.78, 5) is 9.44. The number of rotatable bonds is 1. The number of ketones is 1. The van der Waals surface area contributed by atoms with Crippen molar-refractivity contribution in [2.75, 3.05) is 0 Å². The summed E-state index contributed by atoms with van der Waals surface area (Å²) in [5, 5.41) is 0. The highest BCUT2D eigenvalue weighted by Crippen LogP contribution is 2.06. The molecule has 0 saturated carbocycles. The lowest BCUT2D eigenvalue weighted by Crippen LogP contribution is -1.75. The van der Waals surface area contributed by atoms with Crippen LogP contribution in [0.2, 0.25) is 0 Å². The van der Waals surface area contributed by atoms with Crippen molar-refractivity contribution in [2.24, 2.45) is 0 Å². The molecule has 0 bridgehead atoms. The third kappa shape index (κ3) is 5.85. The van der Waals surface area contributed by atoms with Gasteiger partial charge < -0.3 is 4.79 Å². The summed E-state index contributed by atoms with van der Waals surface area (Å²) in [6.07, 6.45) is 1.87. The van der Waals surface area contributed by atoms with Gasteiger partial charge in [0.2, 0.25) is 0 Å². The van der Waals surface area contributed by atoms with Crippen LogP contribution in [0.4, 0.5) is 0 Å². The zero-order valence-electron chi connectivity index (χ0n) is 8.50. The number of carbonyl (C=O) groups excluding carboxylic acids is 1. The minimum Gasteiger partial charge on any atom is -0.300 e. The molecule has 0 aliphatic heterocycles. The molecule has 1 rings (SSSR count). The molecule has 1 heteroatoms. The summed E-state index contributed by atoms with van der Waals surface area (Å²) < 4.78 is 0. The van der Waals surface area contributed by atoms with Crippen molar-refractivity contribution in [1.82, 2.24) is 0 Å². The molecule has 0 aliphatic rings. The lowest BCUT2D eigenvalue weighted by atomic mass is 10.1. The van der Waals surface area contributed by atoms with Gasteiger partial charge in [-0.15, -0.1) is 0 Å². The average Bonchev–Trinajstić information content (AvgIpc) is 2.04. The molecule has 1 nitrogen and oxygen atoms in total. The number of hydrogen-bond donors (Lipinski definition) is 0. The van der Waals surface area contributed by atoms with Crippen LogP contribution in [0.25, 0.3) is 6.08 Å². The first-order valence-electron chi connectivity index (χ1n) is 4.23. The standard InChI is InChI=1S/C9H10.C3H6O/c1-3-9-7-5-4-6-8(9)2;1-3(2)4/h3-7H,1H2,2H3;1-2H3. The molecular weight excluding hydrogens is 160 g/mol. The second kappa shape index (κ2) is 6.18. The van der Waals surface area contributed by atoms with E-state index in [4.69, 9.17) is 0 Å². The Morgan fingerprint density at radius 2 is 1.77 bits per heavy atom. The van der Waals surface area contributed by atoms with Gasteiger partial charge in [0.15, 0.2) is 0 Å². The Kier molecular flexibility index (Phi) is 5.53. The second-order valence-electron chi connectivity index (χ2n) is 2.97. The Hall–Kier alpha value is -1.37. The molecule has 0 unspecified atom stereocenters. The van der Waals surface area contributed by atoms with E-state index in [0.29, 0.717) is 0 Å². The predicted octanol–water partition coefficient (Wildman–Crippen LogP) is 3.23. The highest BCUT2D eigenvalue weighted by Gasteiger charge is 1.86. The van der Waals surface area contributed by atoms with Gasteiger partial charge in [-0.2, -0.15) is 0 Å². The Morgan fingerprint density at radius 3 is 2.08 bits per heavy atom. The summed E-state index contributed by atoms with van der Waals surface area (Å²) in [6.45, 7) is 8.83. The fourth-order valence-electron chi connectivity index (χ4n) is 0.816. The smallest absolute Gasteiger partial charge is 0.126 e. The third-order valence-corrected chi connectivity index (χ3v) is 1.41. The van der Waals surface area contributed by atoms with Gasteiger partial charge in [-0.1, -0.05) is 36.9 Å². The fourth-order valence-corrected chi connectivity index (χ4v) is 0.816. The number of aryl methyl sites for hydroxylation is 1. The van der Waals surface area contributed by atoms with Gasteiger partial charge in [-0.3, -0.25) is 0 Å². The second-order valence-corrected chi connectivity index (χ2v) is 2.97. The zero-order valence-corrected chi connectivity index (χ0v) is 8.50. The van der Waals surface area contributed by atoms with Crippen LogP contribution in [-0.2, 0) is 4.79 Å². The first-order chi connectivity index (χ1) is 6.07. The summed E-state index contributed by atoms with van der Waals surface area (Å²) >= 11 is 0. The van der Waals surface area contributed by atoms with E-state index in [9.17, 15) is 4.79 Å². The van der Waals surface area contributed by atoms with Crippen molar-refractivity contribution in [3.63, 3.8) is 0 Å². The molecule has 0 radical (unpaired) electrons. The highest BCUT2D eigenvalue weighted by atomic mass is 16.1. The minimum absolute atomic E-state index is 0.167. The lowest BCUT2D eigenvalue weighted by Gasteiger charge is -1.95. The molecule has 0 spiro atoms. The van der Waals surface area contributed by atoms with Crippen LogP contribution in [0.1, 0.15) is 25.0 Å². The Morgan fingerprint density at radius 1 is 1.31 bits per heavy atom. The first-order valence-corrected chi connectivity index (χ1v) is 4.23. The molecule has 0 amide bonds. The van der Waals surface area contributed by atoms with Crippen molar-refractivity contribution >= 4 is 11.9 Å². The summed E-state index contributed by atoms with van der Waals surface area (Å²) in [7, 11) is 0. The molecule has 0 heterocycles. The van der Waals surface area contributed by atoms with E-state index in [2.05, 4.69) is 25.6 Å². The normalized spacial score (nSPS) is 8.23. The van der Waals surface area contributed by atoms with Gasteiger partial charge in [-0.05, 0) is 31.9 Å². The van der Waals surface area contributed by atoms with Gasteiger partial charge in [0.25, 0.3) is 0 Å². The number of Topliss-reactive ketones (excluding diaryl/α,β-unsaturated/α-hetero) is 1. The molecule has 13 heavy (non-hydrogen) atoms. The highest BCUT2D eigenvalue weighted by molar-refractivity contribution is 5.72. The number of carbonyl (C=O) groups is 1. The van der Waals surface area contributed by atoms with Crippen molar-refractivity contribution in [3.05, 3.63) is 42.0 Å². The minimum atomic E-state index is 0.167. The van der Waals surface area contributed by atoms with Crippen molar-refractivity contribution in [2.45, 2.75) is 20.8 Å². The van der Waals surface area contributed by atoms with Crippen LogP contribution in [0.3, 0.4) is 0 Å². The zero-order chi connectivity index (χ0) is 10.3. The molecule has 1 aromatic carbocycles. The molecule has 0 fully saturated rings. The van der Waals surface area contributed by atoms with E-state index in [0.717, 1.165) is 0 Å². The van der Waals surface area contributed by atoms with Crippen LogP contribution < -0.4 is 0 Å². The van der Waals surface area contributed by atoms with Gasteiger partial charge in [0.05, 0.1) is 0 Å². The maximum Gasteiger partial charge on any atom is 0.126 e. The van der Waals surface area contributed by atoms with Crippen LogP contribution in [0, 0.1) is 6.92 Å². The van der Waals surface area contributed by atoms with Gasteiger partial charge in [0, 0.05) is 0 Å². The van der Waals surface area contributed by atoms with E-state index in [-0.39, 0.29) is 5.78 Å². The Bertz CT molecular complexity index is 283. The van der Waals surface area contributed by atoms with E-state index >= 15 is 0 Å². The lowest BCUT2D eigenvalue weighted by molar-refractivity contribution is -0.114. The van der Waals surface area contributed by atoms with E-state index < -0.39 is 0 Å². The van der Waals surface area contributed by atoms with E-state index in [1.54, 1.807) is 0 Å². The van der Waals surface area contributed by atoms with Gasteiger partial charge >= 0.3 is 0 Å². The van der Waals surface area contributed by atoms with E-state index in [1.165, 1.54) is 25.0 Å². The topological polar surface area (TPSA) is 17.1 Å². The first kappa shape index (κ1) is 11.6. The molecular formula is C12H16O. The fraction of sp³-hybridized carbons (Fsp3) is 0.250. The van der Waals surface area contributed by atoms with Crippen molar-refractivity contribution in [3.8, 4) is 0 Å². The summed E-state index contributed by atoms with van der Waals surface area (Å²) in [5.41, 5.74) is 2.50. The third-order valence-electron chi connectivity index (χ3n) is 1.41. The average molecular weight is 176 g/mol. The van der Waals surface area contributed by atoms with Gasteiger partial charge in [0.1, 0.15) is 5.78 Å². The molecule has 1 aromatic rings. The molecule has 0 N–H and O–H groups in total. The molecule has 0 aromatic heterocycles. The monoisotopic (exact) mass is 176 g/mol. The number of hydrogen-bond acceptors (Lipinski definition) is 1. The van der Waals surface area contributed by atoms with Crippen LogP contribution in [0.15, 0.2) is 30.8 Å². The Labute approximate surface area is 80.1 Å². The SMILES string of the molecule is C=Cc1ccccc1C.CC(C)=O. The summed E-state index contributed by atoms with van der Waals surface area (Å²) in [5.74, 6) is 0.167. The molecule has 0 aliphatic carbocycles. The van der Waals surface area contributed by atoms with Gasteiger partial charge in [-0.25, -0.2) is 0 Å². The van der Waals surface area contributed by atoms with E-state index in [1.807, 2.05) is 18.2 Å². The van der Waals surface area contributed by atoms with Crippen molar-refractivity contribution in [1.29, 1.82) is 0 Å².